The van der Waals surface area contributed by atoms with Crippen LogP contribution >= 0.6 is 0 Å². The molecule has 0 fully saturated rings. The van der Waals surface area contributed by atoms with Crippen molar-refractivity contribution in [2.45, 2.75) is 32.6 Å². The number of amides is 4. The molecule has 4 N–H and O–H groups in total. The number of carbonyl (C=O) groups is 3. The van der Waals surface area contributed by atoms with Crippen LogP contribution in [0.2, 0.25) is 0 Å². The molecule has 1 aliphatic rings. The van der Waals surface area contributed by atoms with Crippen molar-refractivity contribution in [3.8, 4) is 0 Å². The largest absolute Gasteiger partial charge is 0.374 e. The lowest BCUT2D eigenvalue weighted by atomic mass is 10.0. The van der Waals surface area contributed by atoms with Gasteiger partial charge >= 0.3 is 6.03 Å². The Morgan fingerprint density at radius 3 is 2.58 bits per heavy atom. The van der Waals surface area contributed by atoms with Gasteiger partial charge in [-0.15, -0.1) is 0 Å². The van der Waals surface area contributed by atoms with Gasteiger partial charge in [0.1, 0.15) is 0 Å². The van der Waals surface area contributed by atoms with Crippen molar-refractivity contribution in [3.63, 3.8) is 0 Å². The third kappa shape index (κ3) is 6.58. The summed E-state index contributed by atoms with van der Waals surface area (Å²) in [7, 11) is 0. The quantitative estimate of drug-likeness (QED) is 0.537. The fourth-order valence-corrected chi connectivity index (χ4v) is 2.68. The minimum absolute atomic E-state index is 0.0563. The van der Waals surface area contributed by atoms with E-state index in [4.69, 9.17) is 0 Å². The highest BCUT2D eigenvalue weighted by Gasteiger charge is 2.15. The summed E-state index contributed by atoms with van der Waals surface area (Å²) < 4.78 is 0. The summed E-state index contributed by atoms with van der Waals surface area (Å²) in [5.41, 5.74) is 1.25. The molecule has 7 nitrogen and oxygen atoms in total. The molecule has 1 aromatic carbocycles. The molecule has 0 aliphatic heterocycles. The van der Waals surface area contributed by atoms with E-state index < -0.39 is 11.9 Å². The molecule has 1 aliphatic carbocycles. The first-order valence-electron chi connectivity index (χ1n) is 8.95. The molecule has 4 amide bonds. The van der Waals surface area contributed by atoms with E-state index in [0.717, 1.165) is 19.3 Å². The molecule has 1 unspecified atom stereocenters. The van der Waals surface area contributed by atoms with E-state index >= 15 is 0 Å². The van der Waals surface area contributed by atoms with E-state index in [2.05, 4.69) is 33.4 Å². The summed E-state index contributed by atoms with van der Waals surface area (Å²) >= 11 is 0. The number of allylic oxidation sites excluding steroid dienone is 2. The second-order valence-electron chi connectivity index (χ2n) is 6.22. The van der Waals surface area contributed by atoms with Crippen LogP contribution in [0, 0.1) is 5.92 Å². The minimum atomic E-state index is -0.509. The van der Waals surface area contributed by atoms with E-state index in [1.54, 1.807) is 12.1 Å². The first-order valence-corrected chi connectivity index (χ1v) is 8.95. The SMILES string of the molecule is CCCNC(=O)NC(=O)CNc1ccccc1NC(=O)CC1C=CCC1. The molecule has 1 aromatic rings. The number of carbonyl (C=O) groups excluding carboxylic acids is 3. The summed E-state index contributed by atoms with van der Waals surface area (Å²) in [4.78, 5) is 35.5. The Morgan fingerprint density at radius 1 is 1.12 bits per heavy atom. The normalized spacial score (nSPS) is 15.3. The Morgan fingerprint density at radius 2 is 1.88 bits per heavy atom. The molecule has 0 bridgehead atoms. The second kappa shape index (κ2) is 10.2. The minimum Gasteiger partial charge on any atom is -0.374 e. The van der Waals surface area contributed by atoms with Gasteiger partial charge in [-0.25, -0.2) is 4.79 Å². The number of anilines is 2. The molecule has 140 valence electrons. The van der Waals surface area contributed by atoms with Crippen molar-refractivity contribution in [1.29, 1.82) is 0 Å². The van der Waals surface area contributed by atoms with Gasteiger partial charge in [-0.2, -0.15) is 0 Å². The lowest BCUT2D eigenvalue weighted by Crippen LogP contribution is -2.42. The Kier molecular flexibility index (Phi) is 7.67. The highest BCUT2D eigenvalue weighted by Crippen LogP contribution is 2.24. The number of rotatable bonds is 8. The lowest BCUT2D eigenvalue weighted by molar-refractivity contribution is -0.118. The zero-order valence-corrected chi connectivity index (χ0v) is 15.0. The fraction of sp³-hybridized carbons (Fsp3) is 0.421. The second-order valence-corrected chi connectivity index (χ2v) is 6.22. The predicted octanol–water partition coefficient (Wildman–Crippen LogP) is 2.63. The Balaban J connectivity index is 1.83. The van der Waals surface area contributed by atoms with Gasteiger partial charge in [0.25, 0.3) is 0 Å². The van der Waals surface area contributed by atoms with Crippen LogP contribution in [0.25, 0.3) is 0 Å². The summed E-state index contributed by atoms with van der Waals surface area (Å²) in [5.74, 6) is -0.211. The molecular weight excluding hydrogens is 332 g/mol. The van der Waals surface area contributed by atoms with Gasteiger partial charge in [-0.1, -0.05) is 31.2 Å². The van der Waals surface area contributed by atoms with Crippen molar-refractivity contribution in [2.75, 3.05) is 23.7 Å². The standard InChI is InChI=1S/C19H26N4O3/c1-2-11-20-19(26)23-18(25)13-21-15-9-5-6-10-16(15)22-17(24)12-14-7-3-4-8-14/h3,5-7,9-10,14,21H,2,4,8,11-13H2,1H3,(H,22,24)(H2,20,23,25,26). The number of benzene rings is 1. The smallest absolute Gasteiger partial charge is 0.321 e. The highest BCUT2D eigenvalue weighted by atomic mass is 16.2. The number of nitrogens with one attached hydrogen (secondary N) is 4. The van der Waals surface area contributed by atoms with Crippen molar-refractivity contribution in [1.82, 2.24) is 10.6 Å². The first-order chi connectivity index (χ1) is 12.6. The van der Waals surface area contributed by atoms with Crippen molar-refractivity contribution >= 4 is 29.2 Å². The maximum Gasteiger partial charge on any atom is 0.321 e. The molecular formula is C19H26N4O3. The Bertz CT molecular complexity index is 673. The van der Waals surface area contributed by atoms with Crippen LogP contribution in [0.3, 0.4) is 0 Å². The number of urea groups is 1. The molecule has 1 atom stereocenters. The molecule has 0 saturated carbocycles. The maximum atomic E-state index is 12.2. The van der Waals surface area contributed by atoms with Gasteiger partial charge in [-0.3, -0.25) is 14.9 Å². The zero-order chi connectivity index (χ0) is 18.8. The molecule has 0 radical (unpaired) electrons. The first kappa shape index (κ1) is 19.5. The molecule has 0 aromatic heterocycles. The molecule has 26 heavy (non-hydrogen) atoms. The average molecular weight is 358 g/mol. The number of para-hydroxylation sites is 2. The van der Waals surface area contributed by atoms with Gasteiger partial charge in [0.15, 0.2) is 0 Å². The monoisotopic (exact) mass is 358 g/mol. The molecule has 2 rings (SSSR count). The summed E-state index contributed by atoms with van der Waals surface area (Å²) in [6, 6.07) is 6.66. The van der Waals surface area contributed by atoms with Crippen LogP contribution < -0.4 is 21.3 Å². The average Bonchev–Trinajstić information content (AvgIpc) is 3.12. The Labute approximate surface area is 153 Å². The van der Waals surface area contributed by atoms with E-state index in [1.165, 1.54) is 0 Å². The summed E-state index contributed by atoms with van der Waals surface area (Å²) in [6.45, 7) is 2.37. The third-order valence-electron chi connectivity index (χ3n) is 3.99. The van der Waals surface area contributed by atoms with Gasteiger partial charge < -0.3 is 16.0 Å². The molecule has 0 heterocycles. The highest BCUT2D eigenvalue weighted by molar-refractivity contribution is 5.98. The van der Waals surface area contributed by atoms with Crippen molar-refractivity contribution < 1.29 is 14.4 Å². The van der Waals surface area contributed by atoms with Crippen LogP contribution in [0.5, 0.6) is 0 Å². The predicted molar refractivity (Wildman–Crippen MR) is 102 cm³/mol. The summed E-state index contributed by atoms with van der Waals surface area (Å²) in [6.07, 6.45) is 7.46. The van der Waals surface area contributed by atoms with E-state index in [-0.39, 0.29) is 12.5 Å². The van der Waals surface area contributed by atoms with E-state index in [0.29, 0.717) is 30.3 Å². The van der Waals surface area contributed by atoms with E-state index in [1.807, 2.05) is 19.1 Å². The van der Waals surface area contributed by atoms with Crippen molar-refractivity contribution in [2.24, 2.45) is 5.92 Å². The zero-order valence-electron chi connectivity index (χ0n) is 15.0. The third-order valence-corrected chi connectivity index (χ3v) is 3.99. The number of hydrogen-bond acceptors (Lipinski definition) is 4. The van der Waals surface area contributed by atoms with Gasteiger partial charge in [0, 0.05) is 13.0 Å². The van der Waals surface area contributed by atoms with Gasteiger partial charge in [0.2, 0.25) is 11.8 Å². The Hall–Kier alpha value is -2.83. The molecule has 0 spiro atoms. The van der Waals surface area contributed by atoms with Crippen LogP contribution in [0.15, 0.2) is 36.4 Å². The van der Waals surface area contributed by atoms with E-state index in [9.17, 15) is 14.4 Å². The van der Waals surface area contributed by atoms with Crippen molar-refractivity contribution in [3.05, 3.63) is 36.4 Å². The number of hydrogen-bond donors (Lipinski definition) is 4. The van der Waals surface area contributed by atoms with Crippen LogP contribution in [-0.4, -0.2) is 30.9 Å². The topological polar surface area (TPSA) is 99.3 Å². The molecule has 7 heteroatoms. The van der Waals surface area contributed by atoms with Gasteiger partial charge in [0.05, 0.1) is 17.9 Å². The van der Waals surface area contributed by atoms with Gasteiger partial charge in [-0.05, 0) is 37.3 Å². The number of imide groups is 1. The fourth-order valence-electron chi connectivity index (χ4n) is 2.68. The molecule has 0 saturated heterocycles. The van der Waals surface area contributed by atoms with Crippen LogP contribution in [-0.2, 0) is 9.59 Å². The lowest BCUT2D eigenvalue weighted by Gasteiger charge is -2.14. The summed E-state index contributed by atoms with van der Waals surface area (Å²) in [5, 5.41) is 10.7. The van der Waals surface area contributed by atoms with Crippen LogP contribution in [0.1, 0.15) is 32.6 Å². The van der Waals surface area contributed by atoms with Crippen LogP contribution in [0.4, 0.5) is 16.2 Å². The maximum absolute atomic E-state index is 12.2.